The van der Waals surface area contributed by atoms with E-state index in [4.69, 9.17) is 0 Å². The predicted molar refractivity (Wildman–Crippen MR) is 92.6 cm³/mol. The van der Waals surface area contributed by atoms with Crippen molar-refractivity contribution in [2.75, 3.05) is 0 Å². The van der Waals surface area contributed by atoms with Gasteiger partial charge < -0.3 is 10.2 Å². The number of fused-ring (bicyclic) bond motifs is 1. The van der Waals surface area contributed by atoms with Gasteiger partial charge in [-0.15, -0.1) is 0 Å². The third kappa shape index (κ3) is 3.83. The number of aliphatic hydroxyl groups excluding tert-OH is 1. The van der Waals surface area contributed by atoms with Crippen LogP contribution in [0.25, 0.3) is 0 Å². The van der Waals surface area contributed by atoms with Crippen LogP contribution in [0, 0.1) is 17.3 Å². The fourth-order valence-electron chi connectivity index (χ4n) is 4.38. The van der Waals surface area contributed by atoms with E-state index in [-0.39, 0.29) is 0 Å². The molecule has 0 amide bonds. The van der Waals surface area contributed by atoms with Gasteiger partial charge in [0.1, 0.15) is 0 Å². The molecule has 0 spiro atoms. The lowest BCUT2D eigenvalue weighted by atomic mass is 9.49. The molecular weight excluding hydrogens is 272 g/mol. The molecule has 0 aromatic carbocycles. The molecule has 0 saturated heterocycles. The van der Waals surface area contributed by atoms with Crippen LogP contribution in [-0.2, 0) is 0 Å². The van der Waals surface area contributed by atoms with Crippen LogP contribution in [0.15, 0.2) is 23.8 Å². The molecule has 0 aromatic heterocycles. The Bertz CT molecular complexity index is 443. The van der Waals surface area contributed by atoms with Crippen LogP contribution in [0.1, 0.15) is 72.6 Å². The predicted octanol–water partition coefficient (Wildman–Crippen LogP) is 4.62. The van der Waals surface area contributed by atoms with Crippen molar-refractivity contribution >= 4 is 0 Å². The second-order valence-electron chi connectivity index (χ2n) is 8.57. The van der Waals surface area contributed by atoms with Crippen molar-refractivity contribution in [2.24, 2.45) is 17.3 Å². The molecule has 22 heavy (non-hydrogen) atoms. The lowest BCUT2D eigenvalue weighted by molar-refractivity contribution is -0.0759. The molecule has 2 rings (SSSR count). The van der Waals surface area contributed by atoms with Crippen molar-refractivity contribution in [3.63, 3.8) is 0 Å². The highest BCUT2D eigenvalue weighted by Gasteiger charge is 2.50. The molecule has 0 aromatic rings. The summed E-state index contributed by atoms with van der Waals surface area (Å²) in [6.45, 7) is 12.4. The van der Waals surface area contributed by atoms with Gasteiger partial charge >= 0.3 is 0 Å². The first-order valence-corrected chi connectivity index (χ1v) is 8.87. The molecule has 4 unspecified atom stereocenters. The Hall–Kier alpha value is -0.600. The van der Waals surface area contributed by atoms with E-state index in [0.717, 1.165) is 19.3 Å². The summed E-state index contributed by atoms with van der Waals surface area (Å²) in [5.41, 5.74) is 2.24. The molecular formula is C20H34O2. The van der Waals surface area contributed by atoms with E-state index in [9.17, 15) is 10.2 Å². The maximum atomic E-state index is 10.1. The van der Waals surface area contributed by atoms with E-state index in [1.54, 1.807) is 13.8 Å². The molecule has 1 fully saturated rings. The highest BCUT2D eigenvalue weighted by atomic mass is 16.3. The van der Waals surface area contributed by atoms with E-state index in [0.29, 0.717) is 23.7 Å². The van der Waals surface area contributed by atoms with Crippen LogP contribution in [0.2, 0.25) is 0 Å². The van der Waals surface area contributed by atoms with Gasteiger partial charge in [0.15, 0.2) is 0 Å². The average Bonchev–Trinajstić information content (AvgIpc) is 2.45. The van der Waals surface area contributed by atoms with E-state index in [1.165, 1.54) is 30.4 Å². The van der Waals surface area contributed by atoms with Gasteiger partial charge in [-0.25, -0.2) is 0 Å². The van der Waals surface area contributed by atoms with Gasteiger partial charge in [0.2, 0.25) is 0 Å². The third-order valence-corrected chi connectivity index (χ3v) is 6.20. The highest BCUT2D eigenvalue weighted by molar-refractivity contribution is 5.17. The molecule has 2 aliphatic rings. The van der Waals surface area contributed by atoms with Gasteiger partial charge in [0.25, 0.3) is 0 Å². The van der Waals surface area contributed by atoms with Crippen LogP contribution < -0.4 is 0 Å². The standard InChI is InChI=1S/C20H34O2/c1-14-7-6-8-15(2)16-13-20(5,17(16)10-9-14)12-11-18(21)19(3,4)22/h7,16-18,21-22H,2,6,8-13H2,1,3-5H3/b14-7+. The van der Waals surface area contributed by atoms with Crippen molar-refractivity contribution in [1.29, 1.82) is 0 Å². The summed E-state index contributed by atoms with van der Waals surface area (Å²) in [6.07, 6.45) is 9.33. The Morgan fingerprint density at radius 1 is 1.41 bits per heavy atom. The van der Waals surface area contributed by atoms with Gasteiger partial charge in [-0.1, -0.05) is 30.7 Å². The Morgan fingerprint density at radius 3 is 2.73 bits per heavy atom. The van der Waals surface area contributed by atoms with Gasteiger partial charge in [-0.3, -0.25) is 0 Å². The van der Waals surface area contributed by atoms with Crippen molar-refractivity contribution in [1.82, 2.24) is 0 Å². The molecule has 2 aliphatic carbocycles. The molecule has 0 radical (unpaired) electrons. The topological polar surface area (TPSA) is 40.5 Å². The Kier molecular flexibility index (Phi) is 5.23. The summed E-state index contributed by atoms with van der Waals surface area (Å²) < 4.78 is 0. The van der Waals surface area contributed by atoms with Crippen LogP contribution in [-0.4, -0.2) is 21.9 Å². The van der Waals surface area contributed by atoms with Crippen molar-refractivity contribution in [2.45, 2.75) is 84.3 Å². The largest absolute Gasteiger partial charge is 0.390 e. The first-order valence-electron chi connectivity index (χ1n) is 8.87. The van der Waals surface area contributed by atoms with Crippen LogP contribution in [0.4, 0.5) is 0 Å². The molecule has 2 N–H and O–H groups in total. The minimum atomic E-state index is -0.999. The molecule has 1 saturated carbocycles. The number of hydrogen-bond acceptors (Lipinski definition) is 2. The Morgan fingerprint density at radius 2 is 2.09 bits per heavy atom. The number of allylic oxidation sites excluding steroid dienone is 3. The van der Waals surface area contributed by atoms with Crippen molar-refractivity contribution in [3.8, 4) is 0 Å². The first kappa shape index (κ1) is 17.7. The Balaban J connectivity index is 2.00. The molecule has 2 heteroatoms. The SMILES string of the molecule is C=C1CC/C=C(\C)CCC2C1CC2(C)CCC(O)C(C)(C)O. The van der Waals surface area contributed by atoms with E-state index >= 15 is 0 Å². The third-order valence-electron chi connectivity index (χ3n) is 6.20. The fourth-order valence-corrected chi connectivity index (χ4v) is 4.38. The minimum absolute atomic E-state index is 0.296. The number of aliphatic hydroxyl groups is 2. The van der Waals surface area contributed by atoms with Crippen molar-refractivity contribution < 1.29 is 10.2 Å². The second kappa shape index (κ2) is 6.49. The zero-order chi connectivity index (χ0) is 16.5. The van der Waals surface area contributed by atoms with Crippen LogP contribution in [0.3, 0.4) is 0 Å². The summed E-state index contributed by atoms with van der Waals surface area (Å²) >= 11 is 0. The molecule has 0 heterocycles. The second-order valence-corrected chi connectivity index (χ2v) is 8.57. The smallest absolute Gasteiger partial charge is 0.0849 e. The maximum absolute atomic E-state index is 10.1. The first-order chi connectivity index (χ1) is 10.1. The Labute approximate surface area is 136 Å². The lowest BCUT2D eigenvalue weighted by Crippen LogP contribution is -2.48. The highest BCUT2D eigenvalue weighted by Crippen LogP contribution is 2.59. The monoisotopic (exact) mass is 306 g/mol. The van der Waals surface area contributed by atoms with Gasteiger partial charge in [-0.05, 0) is 83.0 Å². The van der Waals surface area contributed by atoms with Gasteiger partial charge in [-0.2, -0.15) is 0 Å². The normalized spacial score (nSPS) is 37.0. The fraction of sp³-hybridized carbons (Fsp3) is 0.800. The average molecular weight is 306 g/mol. The minimum Gasteiger partial charge on any atom is -0.390 e. The van der Waals surface area contributed by atoms with Crippen LogP contribution >= 0.6 is 0 Å². The summed E-state index contributed by atoms with van der Waals surface area (Å²) in [6, 6.07) is 0. The molecule has 126 valence electrons. The molecule has 2 nitrogen and oxygen atoms in total. The summed E-state index contributed by atoms with van der Waals surface area (Å²) in [5, 5.41) is 20.1. The van der Waals surface area contributed by atoms with E-state index in [2.05, 4.69) is 26.5 Å². The lowest BCUT2D eigenvalue weighted by Gasteiger charge is -2.55. The number of hydrogen-bond donors (Lipinski definition) is 2. The van der Waals surface area contributed by atoms with Crippen molar-refractivity contribution in [3.05, 3.63) is 23.8 Å². The van der Waals surface area contributed by atoms with Gasteiger partial charge in [0.05, 0.1) is 11.7 Å². The molecule has 0 aliphatic heterocycles. The maximum Gasteiger partial charge on any atom is 0.0849 e. The van der Waals surface area contributed by atoms with Gasteiger partial charge in [0, 0.05) is 0 Å². The van der Waals surface area contributed by atoms with E-state index in [1.807, 2.05) is 0 Å². The zero-order valence-electron chi connectivity index (χ0n) is 14.9. The molecule has 4 atom stereocenters. The summed E-state index contributed by atoms with van der Waals surface area (Å²) in [4.78, 5) is 0. The summed E-state index contributed by atoms with van der Waals surface area (Å²) in [7, 11) is 0. The van der Waals surface area contributed by atoms with Crippen LogP contribution in [0.5, 0.6) is 0 Å². The number of rotatable bonds is 4. The zero-order valence-corrected chi connectivity index (χ0v) is 14.9. The molecule has 0 bridgehead atoms. The quantitative estimate of drug-likeness (QED) is 0.744. The summed E-state index contributed by atoms with van der Waals surface area (Å²) in [5.74, 6) is 1.36. The van der Waals surface area contributed by atoms with E-state index < -0.39 is 11.7 Å².